The number of amides is 3. The maximum atomic E-state index is 14.4. The van der Waals surface area contributed by atoms with Gasteiger partial charge in [0.1, 0.15) is 5.41 Å². The molecule has 1 aliphatic rings. The molecule has 0 aliphatic carbocycles. The van der Waals surface area contributed by atoms with Crippen molar-refractivity contribution >= 4 is 40.0 Å². The fourth-order valence-electron chi connectivity index (χ4n) is 5.82. The molecule has 1 aliphatic heterocycles. The molecule has 2 aromatic heterocycles. The summed E-state index contributed by atoms with van der Waals surface area (Å²) < 4.78 is 1.82. The lowest BCUT2D eigenvalue weighted by Gasteiger charge is -2.34. The number of para-hydroxylation sites is 1. The maximum absolute atomic E-state index is 14.4. The van der Waals surface area contributed by atoms with Crippen LogP contribution in [-0.2, 0) is 27.9 Å². The summed E-state index contributed by atoms with van der Waals surface area (Å²) in [5.74, 6) is -1.14. The van der Waals surface area contributed by atoms with Gasteiger partial charge in [-0.15, -0.1) is 0 Å². The van der Waals surface area contributed by atoms with Gasteiger partial charge in [-0.3, -0.25) is 24.0 Å². The zero-order chi connectivity index (χ0) is 30.2. The second-order valence-corrected chi connectivity index (χ2v) is 11.5. The highest BCUT2D eigenvalue weighted by molar-refractivity contribution is 6.19. The topological polar surface area (TPSA) is 100 Å². The first kappa shape index (κ1) is 29.0. The molecule has 9 heteroatoms. The number of fused-ring (bicyclic) bond motifs is 2. The number of carbonyl (C=O) groups is 3. The minimum absolute atomic E-state index is 0.0246. The van der Waals surface area contributed by atoms with E-state index < -0.39 is 11.3 Å². The van der Waals surface area contributed by atoms with Gasteiger partial charge in [-0.2, -0.15) is 5.10 Å². The molecule has 218 valence electrons. The number of benzene rings is 2. The molecule has 0 saturated carbocycles. The molecule has 0 saturated heterocycles. The molecule has 3 amide bonds. The van der Waals surface area contributed by atoms with Gasteiger partial charge >= 0.3 is 0 Å². The molecule has 0 spiro atoms. The first-order chi connectivity index (χ1) is 20.0. The molecule has 3 heterocycles. The molecule has 1 N–H and O–H groups in total. The standard InChI is InChI=1S/C33H38N6O3/c1-7-26(23-14-15-25-28(19-23)37(5)32(42)33(3,4)31(41)35-25)39(18-16-22-11-10-17-34-20-22)30(40)21(2)29-24-12-8-9-13-27(24)38(6)36-29/h8-15,17,19-21,26H,7,16,18H2,1-6H3,(H,35,41). The summed E-state index contributed by atoms with van der Waals surface area (Å²) in [6, 6.07) is 17.3. The number of nitrogens with one attached hydrogen (secondary N) is 1. The second kappa shape index (κ2) is 11.4. The van der Waals surface area contributed by atoms with Crippen LogP contribution in [-0.4, -0.2) is 51.0 Å². The van der Waals surface area contributed by atoms with E-state index in [1.807, 2.05) is 84.3 Å². The molecule has 0 radical (unpaired) electrons. The van der Waals surface area contributed by atoms with Gasteiger partial charge in [0.05, 0.1) is 34.5 Å². The number of rotatable bonds is 8. The van der Waals surface area contributed by atoms with Crippen molar-refractivity contribution in [3.05, 3.63) is 83.8 Å². The van der Waals surface area contributed by atoms with E-state index >= 15 is 0 Å². The second-order valence-electron chi connectivity index (χ2n) is 11.5. The van der Waals surface area contributed by atoms with E-state index in [4.69, 9.17) is 5.10 Å². The van der Waals surface area contributed by atoms with Crippen molar-refractivity contribution in [3.63, 3.8) is 0 Å². The smallest absolute Gasteiger partial charge is 0.241 e. The normalized spacial score (nSPS) is 16.0. The minimum atomic E-state index is -1.20. The Bertz CT molecular complexity index is 1640. The van der Waals surface area contributed by atoms with Crippen molar-refractivity contribution in [3.8, 4) is 0 Å². The summed E-state index contributed by atoms with van der Waals surface area (Å²) in [6.07, 6.45) is 4.86. The molecule has 5 rings (SSSR count). The lowest BCUT2D eigenvalue weighted by molar-refractivity contribution is -0.136. The summed E-state index contributed by atoms with van der Waals surface area (Å²) in [5, 5.41) is 8.63. The number of anilines is 2. The third kappa shape index (κ3) is 5.15. The van der Waals surface area contributed by atoms with Gasteiger partial charge < -0.3 is 15.1 Å². The van der Waals surface area contributed by atoms with Crippen molar-refractivity contribution in [1.82, 2.24) is 19.7 Å². The van der Waals surface area contributed by atoms with E-state index in [1.54, 1.807) is 27.1 Å². The number of aryl methyl sites for hydroxylation is 1. The molecule has 2 aromatic carbocycles. The molecule has 2 atom stereocenters. The van der Waals surface area contributed by atoms with Crippen molar-refractivity contribution in [1.29, 1.82) is 0 Å². The van der Waals surface area contributed by atoms with E-state index in [-0.39, 0.29) is 23.8 Å². The average molecular weight is 567 g/mol. The number of hydrogen-bond acceptors (Lipinski definition) is 5. The number of pyridine rings is 1. The zero-order valence-electron chi connectivity index (χ0n) is 25.1. The lowest BCUT2D eigenvalue weighted by Crippen LogP contribution is -2.43. The summed E-state index contributed by atoms with van der Waals surface area (Å²) in [5.41, 5.74) is 3.63. The Hall–Kier alpha value is -4.53. The minimum Gasteiger partial charge on any atom is -0.335 e. The maximum Gasteiger partial charge on any atom is 0.241 e. The summed E-state index contributed by atoms with van der Waals surface area (Å²) in [7, 11) is 3.58. The fourth-order valence-corrected chi connectivity index (χ4v) is 5.82. The first-order valence-corrected chi connectivity index (χ1v) is 14.4. The van der Waals surface area contributed by atoms with E-state index in [0.717, 1.165) is 27.7 Å². The van der Waals surface area contributed by atoms with Crippen LogP contribution in [0.2, 0.25) is 0 Å². The predicted molar refractivity (Wildman–Crippen MR) is 164 cm³/mol. The Labute approximate surface area is 246 Å². The molecular weight excluding hydrogens is 528 g/mol. The Morgan fingerprint density at radius 1 is 1.07 bits per heavy atom. The monoisotopic (exact) mass is 566 g/mol. The third-order valence-corrected chi connectivity index (χ3v) is 8.40. The van der Waals surface area contributed by atoms with Crippen LogP contribution in [0.15, 0.2) is 67.0 Å². The van der Waals surface area contributed by atoms with Gasteiger partial charge in [-0.05, 0) is 69.0 Å². The van der Waals surface area contributed by atoms with Gasteiger partial charge in [0, 0.05) is 38.4 Å². The van der Waals surface area contributed by atoms with Crippen molar-refractivity contribution in [2.24, 2.45) is 12.5 Å². The highest BCUT2D eigenvalue weighted by Gasteiger charge is 2.42. The van der Waals surface area contributed by atoms with Crippen molar-refractivity contribution in [2.75, 3.05) is 23.8 Å². The van der Waals surface area contributed by atoms with Crippen LogP contribution in [0.1, 0.15) is 62.9 Å². The van der Waals surface area contributed by atoms with Gasteiger partial charge in [0.15, 0.2) is 0 Å². The van der Waals surface area contributed by atoms with Crippen LogP contribution in [0.25, 0.3) is 10.9 Å². The van der Waals surface area contributed by atoms with Gasteiger partial charge in [-0.25, -0.2) is 0 Å². The van der Waals surface area contributed by atoms with E-state index in [2.05, 4.69) is 17.2 Å². The Morgan fingerprint density at radius 2 is 1.83 bits per heavy atom. The zero-order valence-corrected chi connectivity index (χ0v) is 25.1. The van der Waals surface area contributed by atoms with E-state index in [1.165, 1.54) is 4.90 Å². The lowest BCUT2D eigenvalue weighted by atomic mass is 9.91. The van der Waals surface area contributed by atoms with Crippen LogP contribution in [0, 0.1) is 5.41 Å². The predicted octanol–water partition coefficient (Wildman–Crippen LogP) is 5.24. The molecule has 0 bridgehead atoms. The van der Waals surface area contributed by atoms with Crippen LogP contribution in [0.3, 0.4) is 0 Å². The summed E-state index contributed by atoms with van der Waals surface area (Å²) >= 11 is 0. The molecular formula is C33H38N6O3. The third-order valence-electron chi connectivity index (χ3n) is 8.40. The highest BCUT2D eigenvalue weighted by atomic mass is 16.2. The Balaban J connectivity index is 1.54. The molecule has 2 unspecified atom stereocenters. The fraction of sp³-hybridized carbons (Fsp3) is 0.364. The number of hydrogen-bond donors (Lipinski definition) is 1. The van der Waals surface area contributed by atoms with E-state index in [0.29, 0.717) is 30.8 Å². The molecule has 9 nitrogen and oxygen atoms in total. The Morgan fingerprint density at radius 3 is 2.55 bits per heavy atom. The van der Waals surface area contributed by atoms with Crippen LogP contribution in [0.5, 0.6) is 0 Å². The number of carbonyl (C=O) groups excluding carboxylic acids is 3. The Kier molecular flexibility index (Phi) is 7.86. The van der Waals surface area contributed by atoms with Gasteiger partial charge in [0.25, 0.3) is 0 Å². The summed E-state index contributed by atoms with van der Waals surface area (Å²) in [4.78, 5) is 48.2. The van der Waals surface area contributed by atoms with Crippen LogP contribution in [0.4, 0.5) is 11.4 Å². The van der Waals surface area contributed by atoms with Crippen LogP contribution < -0.4 is 10.2 Å². The molecule has 4 aromatic rings. The average Bonchev–Trinajstić information content (AvgIpc) is 3.32. The number of nitrogens with zero attached hydrogens (tertiary/aromatic N) is 5. The van der Waals surface area contributed by atoms with Crippen molar-refractivity contribution in [2.45, 2.75) is 52.5 Å². The van der Waals surface area contributed by atoms with E-state index in [9.17, 15) is 14.4 Å². The SMILES string of the molecule is CCC(c1ccc2c(c1)N(C)C(=O)C(C)(C)C(=O)N2)N(CCc1cccnc1)C(=O)C(C)c1nn(C)c2ccccc12. The highest BCUT2D eigenvalue weighted by Crippen LogP contribution is 2.38. The van der Waals surface area contributed by atoms with Crippen LogP contribution >= 0.6 is 0 Å². The first-order valence-electron chi connectivity index (χ1n) is 14.4. The largest absolute Gasteiger partial charge is 0.335 e. The molecule has 42 heavy (non-hydrogen) atoms. The molecule has 0 fully saturated rings. The quantitative estimate of drug-likeness (QED) is 0.294. The number of aromatic nitrogens is 3. The van der Waals surface area contributed by atoms with Gasteiger partial charge in [-0.1, -0.05) is 37.3 Å². The van der Waals surface area contributed by atoms with Crippen molar-refractivity contribution < 1.29 is 14.4 Å². The van der Waals surface area contributed by atoms with Gasteiger partial charge in [0.2, 0.25) is 17.7 Å². The summed E-state index contributed by atoms with van der Waals surface area (Å²) in [6.45, 7) is 7.71.